The van der Waals surface area contributed by atoms with Gasteiger partial charge in [-0.2, -0.15) is 0 Å². The van der Waals surface area contributed by atoms with Gasteiger partial charge in [-0.05, 0) is 79.7 Å². The van der Waals surface area contributed by atoms with E-state index in [9.17, 15) is 19.8 Å². The zero-order valence-electron chi connectivity index (χ0n) is 23.8. The SMILES string of the molecule is C/C=C(\C=C(/N)c1cc(C(=O)O)cc(C2C=C(C#Cc3ccc(N(c4ccccc4)c4ccccc4)cc3)C=N2)n1)C(=O)O. The molecule has 3 aromatic carbocycles. The molecule has 0 spiro atoms. The van der Waals surface area contributed by atoms with Crippen LogP contribution in [0.3, 0.4) is 0 Å². The van der Waals surface area contributed by atoms with Gasteiger partial charge in [-0.25, -0.2) is 14.6 Å². The van der Waals surface area contributed by atoms with Crippen LogP contribution in [0.4, 0.5) is 17.1 Å². The summed E-state index contributed by atoms with van der Waals surface area (Å²) in [6.07, 6.45) is 6.05. The summed E-state index contributed by atoms with van der Waals surface area (Å²) in [5.41, 5.74) is 11.1. The first-order chi connectivity index (χ1) is 21.3. The Morgan fingerprint density at radius 2 is 1.48 bits per heavy atom. The molecule has 1 atom stereocenters. The molecule has 0 fully saturated rings. The number of pyridine rings is 1. The van der Waals surface area contributed by atoms with E-state index in [1.54, 1.807) is 19.2 Å². The minimum absolute atomic E-state index is 0.0253. The Balaban J connectivity index is 1.38. The topological polar surface area (TPSA) is 129 Å². The first kappa shape index (κ1) is 29.3. The maximum Gasteiger partial charge on any atom is 0.335 e. The van der Waals surface area contributed by atoms with Crippen molar-refractivity contribution in [3.05, 3.63) is 149 Å². The van der Waals surface area contributed by atoms with Gasteiger partial charge < -0.3 is 20.8 Å². The number of carboxylic acids is 2. The fraction of sp³-hybridized carbons (Fsp3) is 0.0556. The van der Waals surface area contributed by atoms with E-state index in [0.717, 1.165) is 22.6 Å². The van der Waals surface area contributed by atoms with E-state index < -0.39 is 18.0 Å². The van der Waals surface area contributed by atoms with Crippen LogP contribution < -0.4 is 10.6 Å². The number of nitrogens with zero attached hydrogens (tertiary/aromatic N) is 3. The molecule has 0 aliphatic carbocycles. The van der Waals surface area contributed by atoms with Gasteiger partial charge in [0.1, 0.15) is 6.04 Å². The lowest BCUT2D eigenvalue weighted by atomic mass is 10.1. The standard InChI is InChI=1S/C36H28N4O4/c1-2-26(35(41)42)20-31(37)32-21-27(36(43)44)22-34(39-32)33-19-25(23-38-33)14-13-24-15-17-30(18-16-24)40(28-9-5-3-6-10-28)29-11-7-4-8-12-29/h2-12,15-23,33H,37H2,1H3,(H,41,42)(H,43,44)/b26-2+,31-20-. The monoisotopic (exact) mass is 580 g/mol. The van der Waals surface area contributed by atoms with Crippen LogP contribution in [-0.2, 0) is 4.79 Å². The highest BCUT2D eigenvalue weighted by molar-refractivity contribution is 5.93. The first-order valence-electron chi connectivity index (χ1n) is 13.7. The molecule has 8 nitrogen and oxygen atoms in total. The highest BCUT2D eigenvalue weighted by Gasteiger charge is 2.19. The van der Waals surface area contributed by atoms with Crippen molar-refractivity contribution in [2.24, 2.45) is 10.7 Å². The lowest BCUT2D eigenvalue weighted by Gasteiger charge is -2.25. The first-order valence-corrected chi connectivity index (χ1v) is 13.7. The van der Waals surface area contributed by atoms with Crippen molar-refractivity contribution in [3.63, 3.8) is 0 Å². The van der Waals surface area contributed by atoms with E-state index in [4.69, 9.17) is 5.73 Å². The Morgan fingerprint density at radius 3 is 2.05 bits per heavy atom. The molecule has 4 N–H and O–H groups in total. The molecule has 1 unspecified atom stereocenters. The Kier molecular flexibility index (Phi) is 8.78. The van der Waals surface area contributed by atoms with Crippen molar-refractivity contribution in [2.45, 2.75) is 13.0 Å². The maximum atomic E-state index is 11.8. The van der Waals surface area contributed by atoms with Gasteiger partial charge in [0.2, 0.25) is 0 Å². The molecule has 5 rings (SSSR count). The van der Waals surface area contributed by atoms with Gasteiger partial charge in [0.25, 0.3) is 0 Å². The van der Waals surface area contributed by atoms with E-state index in [2.05, 4.69) is 51.0 Å². The molecular weight excluding hydrogens is 552 g/mol. The number of nitrogens with two attached hydrogens (primary N) is 1. The maximum absolute atomic E-state index is 11.8. The van der Waals surface area contributed by atoms with Gasteiger partial charge >= 0.3 is 11.9 Å². The second-order valence-electron chi connectivity index (χ2n) is 9.77. The number of anilines is 3. The van der Waals surface area contributed by atoms with Crippen LogP contribution >= 0.6 is 0 Å². The predicted molar refractivity (Wildman–Crippen MR) is 172 cm³/mol. The third-order valence-electron chi connectivity index (χ3n) is 6.78. The molecule has 1 aliphatic rings. The molecule has 8 heteroatoms. The average Bonchev–Trinajstić information content (AvgIpc) is 3.53. The van der Waals surface area contributed by atoms with Gasteiger partial charge in [-0.1, -0.05) is 54.3 Å². The Labute approximate surface area is 254 Å². The Hall–Kier alpha value is -6.20. The summed E-state index contributed by atoms with van der Waals surface area (Å²) in [5.74, 6) is 3.97. The van der Waals surface area contributed by atoms with Crippen LogP contribution in [0.25, 0.3) is 5.70 Å². The average molecular weight is 581 g/mol. The van der Waals surface area contributed by atoms with Crippen molar-refractivity contribution in [3.8, 4) is 11.8 Å². The number of hydrogen-bond donors (Lipinski definition) is 3. The smallest absolute Gasteiger partial charge is 0.335 e. The molecule has 4 aromatic rings. The summed E-state index contributed by atoms with van der Waals surface area (Å²) in [7, 11) is 0. The van der Waals surface area contributed by atoms with E-state index in [1.807, 2.05) is 60.7 Å². The summed E-state index contributed by atoms with van der Waals surface area (Å²) in [6.45, 7) is 1.57. The van der Waals surface area contributed by atoms with Crippen molar-refractivity contribution in [1.82, 2.24) is 4.98 Å². The minimum atomic E-state index is -1.17. The molecule has 1 aliphatic heterocycles. The number of carbonyl (C=O) groups is 2. The molecule has 44 heavy (non-hydrogen) atoms. The molecule has 0 saturated carbocycles. The highest BCUT2D eigenvalue weighted by atomic mass is 16.4. The summed E-state index contributed by atoms with van der Waals surface area (Å²) < 4.78 is 0. The van der Waals surface area contributed by atoms with E-state index in [0.29, 0.717) is 11.3 Å². The molecule has 0 radical (unpaired) electrons. The number of allylic oxidation sites excluding steroid dienone is 2. The van der Waals surface area contributed by atoms with Gasteiger partial charge in [-0.3, -0.25) is 4.99 Å². The number of hydrogen-bond acceptors (Lipinski definition) is 6. The van der Waals surface area contributed by atoms with E-state index in [-0.39, 0.29) is 22.5 Å². The normalized spacial score (nSPS) is 14.4. The van der Waals surface area contributed by atoms with Gasteiger partial charge in [0.05, 0.1) is 28.2 Å². The predicted octanol–water partition coefficient (Wildman–Crippen LogP) is 6.68. The zero-order chi connectivity index (χ0) is 31.1. The van der Waals surface area contributed by atoms with Crippen molar-refractivity contribution >= 4 is 40.9 Å². The molecule has 0 bridgehead atoms. The fourth-order valence-electron chi connectivity index (χ4n) is 4.58. The highest BCUT2D eigenvalue weighted by Crippen LogP contribution is 2.34. The number of para-hydroxylation sites is 2. The number of aliphatic imine (C=N–C) groups is 1. The third-order valence-corrected chi connectivity index (χ3v) is 6.78. The molecule has 216 valence electrons. The second-order valence-corrected chi connectivity index (χ2v) is 9.77. The van der Waals surface area contributed by atoms with Crippen molar-refractivity contribution in [2.75, 3.05) is 4.90 Å². The summed E-state index contributed by atoms with van der Waals surface area (Å²) in [4.78, 5) is 34.3. The van der Waals surface area contributed by atoms with Crippen LogP contribution in [0.15, 0.2) is 131 Å². The summed E-state index contributed by atoms with van der Waals surface area (Å²) >= 11 is 0. The number of aliphatic carboxylic acids is 1. The van der Waals surface area contributed by atoms with E-state index in [1.165, 1.54) is 24.3 Å². The molecule has 2 heterocycles. The van der Waals surface area contributed by atoms with Crippen LogP contribution in [-0.4, -0.2) is 33.4 Å². The number of benzene rings is 3. The minimum Gasteiger partial charge on any atom is -0.478 e. The number of rotatable bonds is 8. The molecular formula is C36H28N4O4. The number of aromatic carboxylic acids is 1. The summed E-state index contributed by atoms with van der Waals surface area (Å²) in [6, 6.07) is 30.4. The number of carboxylic acid groups (broad SMARTS) is 2. The van der Waals surface area contributed by atoms with Crippen LogP contribution in [0, 0.1) is 11.8 Å². The van der Waals surface area contributed by atoms with Crippen molar-refractivity contribution < 1.29 is 19.8 Å². The summed E-state index contributed by atoms with van der Waals surface area (Å²) in [5, 5.41) is 19.0. The molecule has 0 saturated heterocycles. The zero-order valence-corrected chi connectivity index (χ0v) is 23.8. The number of aromatic nitrogens is 1. The second kappa shape index (κ2) is 13.2. The van der Waals surface area contributed by atoms with Gasteiger partial charge in [-0.15, -0.1) is 0 Å². The quantitative estimate of drug-likeness (QED) is 0.120. The van der Waals surface area contributed by atoms with Crippen molar-refractivity contribution in [1.29, 1.82) is 0 Å². The van der Waals surface area contributed by atoms with Crippen LogP contribution in [0.1, 0.15) is 40.3 Å². The largest absolute Gasteiger partial charge is 0.478 e. The Bertz CT molecular complexity index is 1840. The fourth-order valence-corrected chi connectivity index (χ4v) is 4.58. The molecule has 0 amide bonds. The lowest BCUT2D eigenvalue weighted by molar-refractivity contribution is -0.132. The Morgan fingerprint density at radius 1 is 0.864 bits per heavy atom. The van der Waals surface area contributed by atoms with Gasteiger partial charge in [0, 0.05) is 34.4 Å². The van der Waals surface area contributed by atoms with Gasteiger partial charge in [0.15, 0.2) is 0 Å². The lowest BCUT2D eigenvalue weighted by Crippen LogP contribution is -2.09. The van der Waals surface area contributed by atoms with Crippen LogP contribution in [0.5, 0.6) is 0 Å². The van der Waals surface area contributed by atoms with Crippen LogP contribution in [0.2, 0.25) is 0 Å². The van der Waals surface area contributed by atoms with E-state index >= 15 is 0 Å². The third kappa shape index (κ3) is 6.81. The molecule has 1 aromatic heterocycles.